The number of carbonyl (C=O) groups excluding carboxylic acids is 1. The molecule has 6 heteroatoms. The molecule has 2 aromatic heterocycles. The Hall–Kier alpha value is -1.79. The Morgan fingerprint density at radius 3 is 2.75 bits per heavy atom. The van der Waals surface area contributed by atoms with E-state index in [1.54, 1.807) is 11.3 Å². The molecule has 1 aliphatic heterocycles. The summed E-state index contributed by atoms with van der Waals surface area (Å²) < 4.78 is 0. The lowest BCUT2D eigenvalue weighted by molar-refractivity contribution is -0.130. The Labute approximate surface area is 171 Å². The topological polar surface area (TPSA) is 49.3 Å². The molecule has 1 atom stereocenters. The number of aryl methyl sites for hydroxylation is 1. The van der Waals surface area contributed by atoms with E-state index in [4.69, 9.17) is 0 Å². The molecule has 2 aromatic rings. The second-order valence-corrected chi connectivity index (χ2v) is 9.26. The summed E-state index contributed by atoms with van der Waals surface area (Å²) in [7, 11) is 0. The quantitative estimate of drug-likeness (QED) is 0.775. The molecule has 150 valence electrons. The van der Waals surface area contributed by atoms with Gasteiger partial charge in [0.15, 0.2) is 0 Å². The second-order valence-electron chi connectivity index (χ2n) is 8.20. The lowest BCUT2D eigenvalue weighted by atomic mass is 10.0. The van der Waals surface area contributed by atoms with Gasteiger partial charge in [0.1, 0.15) is 0 Å². The molecular formula is C22H30N4OS. The first-order chi connectivity index (χ1) is 13.7. The molecule has 0 unspecified atom stereocenters. The van der Waals surface area contributed by atoms with Crippen LogP contribution in [-0.2, 0) is 17.6 Å². The number of nitrogens with zero attached hydrogens (tertiary/aromatic N) is 4. The fourth-order valence-electron chi connectivity index (χ4n) is 4.66. The number of hydrogen-bond donors (Lipinski definition) is 0. The number of aromatic nitrogens is 2. The van der Waals surface area contributed by atoms with E-state index in [2.05, 4.69) is 31.9 Å². The molecule has 1 aliphatic carbocycles. The van der Waals surface area contributed by atoms with E-state index in [0.29, 0.717) is 18.4 Å². The molecule has 1 saturated carbocycles. The Morgan fingerprint density at radius 2 is 2.04 bits per heavy atom. The minimum absolute atomic E-state index is 0.213. The minimum Gasteiger partial charge on any atom is -0.341 e. The molecular weight excluding hydrogens is 368 g/mol. The summed E-state index contributed by atoms with van der Waals surface area (Å²) in [6.07, 6.45) is 8.53. The first-order valence-electron chi connectivity index (χ1n) is 10.5. The van der Waals surface area contributed by atoms with Gasteiger partial charge in [0, 0.05) is 49.5 Å². The lowest BCUT2D eigenvalue weighted by Crippen LogP contribution is -2.39. The fraction of sp³-hybridized carbons (Fsp3) is 0.591. The van der Waals surface area contributed by atoms with E-state index in [1.807, 2.05) is 24.6 Å². The van der Waals surface area contributed by atoms with Gasteiger partial charge in [-0.05, 0) is 44.2 Å². The van der Waals surface area contributed by atoms with Gasteiger partial charge in [-0.2, -0.15) is 0 Å². The average molecular weight is 399 g/mol. The summed E-state index contributed by atoms with van der Waals surface area (Å²) in [6, 6.07) is 6.83. The second kappa shape index (κ2) is 9.14. The van der Waals surface area contributed by atoms with Crippen molar-refractivity contribution in [1.82, 2.24) is 19.8 Å². The molecule has 0 spiro atoms. The van der Waals surface area contributed by atoms with Gasteiger partial charge >= 0.3 is 0 Å². The molecule has 4 rings (SSSR count). The van der Waals surface area contributed by atoms with Crippen LogP contribution in [-0.4, -0.2) is 57.9 Å². The van der Waals surface area contributed by atoms with Crippen LogP contribution in [0.5, 0.6) is 0 Å². The molecule has 0 radical (unpaired) electrons. The molecule has 1 amide bonds. The van der Waals surface area contributed by atoms with Crippen molar-refractivity contribution in [1.29, 1.82) is 0 Å². The molecule has 2 aliphatic rings. The van der Waals surface area contributed by atoms with Crippen molar-refractivity contribution in [3.63, 3.8) is 0 Å². The van der Waals surface area contributed by atoms with E-state index in [0.717, 1.165) is 49.0 Å². The van der Waals surface area contributed by atoms with Gasteiger partial charge in [-0.15, -0.1) is 11.3 Å². The highest BCUT2D eigenvalue weighted by Crippen LogP contribution is 2.26. The van der Waals surface area contributed by atoms with E-state index in [-0.39, 0.29) is 5.91 Å². The van der Waals surface area contributed by atoms with Gasteiger partial charge in [0.25, 0.3) is 0 Å². The van der Waals surface area contributed by atoms with E-state index in [1.165, 1.54) is 25.7 Å². The van der Waals surface area contributed by atoms with Crippen LogP contribution in [0.25, 0.3) is 0 Å². The summed E-state index contributed by atoms with van der Waals surface area (Å²) in [5, 5.41) is 3.04. The number of amides is 1. The van der Waals surface area contributed by atoms with Gasteiger partial charge in [-0.25, -0.2) is 4.98 Å². The van der Waals surface area contributed by atoms with Crippen LogP contribution >= 0.6 is 11.3 Å². The van der Waals surface area contributed by atoms with E-state index < -0.39 is 0 Å². The maximum Gasteiger partial charge on any atom is 0.228 e. The molecule has 2 fully saturated rings. The zero-order valence-corrected chi connectivity index (χ0v) is 17.5. The highest BCUT2D eigenvalue weighted by atomic mass is 32.1. The molecule has 0 bridgehead atoms. The molecule has 0 N–H and O–H groups in total. The predicted octanol–water partition coefficient (Wildman–Crippen LogP) is 3.33. The van der Waals surface area contributed by atoms with Crippen LogP contribution in [0.1, 0.15) is 42.1 Å². The number of hydrogen-bond acceptors (Lipinski definition) is 5. The number of rotatable bonds is 5. The predicted molar refractivity (Wildman–Crippen MR) is 112 cm³/mol. The normalized spacial score (nSPS) is 21.8. The maximum absolute atomic E-state index is 13.0. The Morgan fingerprint density at radius 1 is 1.18 bits per heavy atom. The Kier molecular flexibility index (Phi) is 6.37. The zero-order chi connectivity index (χ0) is 19.3. The first kappa shape index (κ1) is 19.5. The maximum atomic E-state index is 13.0. The van der Waals surface area contributed by atoms with E-state index in [9.17, 15) is 4.79 Å². The zero-order valence-electron chi connectivity index (χ0n) is 16.7. The molecule has 5 nitrogen and oxygen atoms in total. The standard InChI is InChI=1S/C22H30N4OS/c1-17-24-20(16-28-17)13-22(27)26-11-10-25(21-7-2-3-8-21)14-18(15-26)12-19-6-4-5-9-23-19/h4-6,9,16,18,21H,2-3,7-8,10-15H2,1H3/t18-/m1/s1. The van der Waals surface area contributed by atoms with Crippen LogP contribution in [0.15, 0.2) is 29.8 Å². The third-order valence-electron chi connectivity index (χ3n) is 6.05. The summed E-state index contributed by atoms with van der Waals surface area (Å²) in [5.74, 6) is 0.642. The summed E-state index contributed by atoms with van der Waals surface area (Å²) in [5.41, 5.74) is 2.04. The third kappa shape index (κ3) is 4.97. The molecule has 1 saturated heterocycles. The first-order valence-corrected chi connectivity index (χ1v) is 11.4. The van der Waals surface area contributed by atoms with Crippen molar-refractivity contribution < 1.29 is 4.79 Å². The van der Waals surface area contributed by atoms with Crippen LogP contribution < -0.4 is 0 Å². The van der Waals surface area contributed by atoms with Crippen molar-refractivity contribution in [3.8, 4) is 0 Å². The van der Waals surface area contributed by atoms with Crippen LogP contribution in [0, 0.1) is 12.8 Å². The van der Waals surface area contributed by atoms with Crippen molar-refractivity contribution in [2.75, 3.05) is 26.2 Å². The van der Waals surface area contributed by atoms with Crippen LogP contribution in [0.4, 0.5) is 0 Å². The fourth-order valence-corrected chi connectivity index (χ4v) is 5.27. The van der Waals surface area contributed by atoms with Crippen molar-refractivity contribution in [2.45, 2.75) is 51.5 Å². The van der Waals surface area contributed by atoms with Crippen molar-refractivity contribution in [2.24, 2.45) is 5.92 Å². The number of pyridine rings is 1. The van der Waals surface area contributed by atoms with Gasteiger partial charge in [-0.1, -0.05) is 18.9 Å². The lowest BCUT2D eigenvalue weighted by Gasteiger charge is -2.29. The minimum atomic E-state index is 0.213. The molecule has 28 heavy (non-hydrogen) atoms. The average Bonchev–Trinajstić information content (AvgIpc) is 3.32. The third-order valence-corrected chi connectivity index (χ3v) is 6.87. The van der Waals surface area contributed by atoms with Crippen molar-refractivity contribution >= 4 is 17.2 Å². The van der Waals surface area contributed by atoms with Crippen LogP contribution in [0.3, 0.4) is 0 Å². The summed E-state index contributed by atoms with van der Waals surface area (Å²) in [4.78, 5) is 26.8. The van der Waals surface area contributed by atoms with Gasteiger partial charge < -0.3 is 4.90 Å². The van der Waals surface area contributed by atoms with Gasteiger partial charge in [-0.3, -0.25) is 14.7 Å². The van der Waals surface area contributed by atoms with Gasteiger partial charge in [0.05, 0.1) is 17.1 Å². The highest BCUT2D eigenvalue weighted by molar-refractivity contribution is 7.09. The Balaban J connectivity index is 1.46. The SMILES string of the molecule is Cc1nc(CC(=O)N2CCN(C3CCCC3)C[C@@H](Cc3ccccn3)C2)cs1. The summed E-state index contributed by atoms with van der Waals surface area (Å²) in [6.45, 7) is 5.71. The smallest absolute Gasteiger partial charge is 0.228 e. The van der Waals surface area contributed by atoms with Crippen LogP contribution in [0.2, 0.25) is 0 Å². The van der Waals surface area contributed by atoms with Gasteiger partial charge in [0.2, 0.25) is 5.91 Å². The highest BCUT2D eigenvalue weighted by Gasteiger charge is 2.31. The number of carbonyl (C=O) groups is 1. The van der Waals surface area contributed by atoms with E-state index >= 15 is 0 Å². The number of thiazole rings is 1. The molecule has 3 heterocycles. The monoisotopic (exact) mass is 398 g/mol. The summed E-state index contributed by atoms with van der Waals surface area (Å²) >= 11 is 1.62. The molecule has 0 aromatic carbocycles. The Bertz CT molecular complexity index is 772. The van der Waals surface area contributed by atoms with Crippen molar-refractivity contribution in [3.05, 3.63) is 46.2 Å². The largest absolute Gasteiger partial charge is 0.341 e.